The summed E-state index contributed by atoms with van der Waals surface area (Å²) in [5.74, 6) is 0.0125. The van der Waals surface area contributed by atoms with E-state index in [0.29, 0.717) is 13.0 Å². The van der Waals surface area contributed by atoms with Crippen LogP contribution in [0.1, 0.15) is 172 Å². The van der Waals surface area contributed by atoms with Crippen molar-refractivity contribution < 1.29 is 60.9 Å². The van der Waals surface area contributed by atoms with E-state index in [1.165, 1.54) is 128 Å². The van der Waals surface area contributed by atoms with Gasteiger partial charge in [-0.25, -0.2) is 0 Å². The summed E-state index contributed by atoms with van der Waals surface area (Å²) in [6, 6.07) is 0. The maximum atomic E-state index is 11.8. The van der Waals surface area contributed by atoms with Crippen molar-refractivity contribution in [2.45, 2.75) is 168 Å². The van der Waals surface area contributed by atoms with Gasteiger partial charge in [-0.3, -0.25) is 13.9 Å². The van der Waals surface area contributed by atoms with Gasteiger partial charge in [-0.05, 0) is 38.5 Å². The summed E-state index contributed by atoms with van der Waals surface area (Å²) in [7, 11) is -4.67. The molecule has 0 bridgehead atoms. The van der Waals surface area contributed by atoms with Crippen LogP contribution in [0.25, 0.3) is 0 Å². The predicted octanol–water partition coefficient (Wildman–Crippen LogP) is 6.80. The standard InChI is InChI=1S/C30H58O2.Mg.Na.H2O4S.3H/c1-3-5-7-9-11-13-15-16-17-18-19-20-22-24-26-28-30(31)32-29-27-25-23-21-14-12-10-8-6-4-2;;;1-5(2,3)4;;;/h16-17H,3-15,18-29H2,1-2H3;;;(H2,1,2,3,4);;;/q;+2;+1;;3*-1. The van der Waals surface area contributed by atoms with Gasteiger partial charge in [0, 0.05) is 6.42 Å². The Morgan fingerprint density at radius 2 is 0.923 bits per heavy atom. The second-order valence-electron chi connectivity index (χ2n) is 10.2. The summed E-state index contributed by atoms with van der Waals surface area (Å²) in [4.78, 5) is 11.8. The van der Waals surface area contributed by atoms with Crippen LogP contribution in [0.5, 0.6) is 0 Å². The van der Waals surface area contributed by atoms with E-state index in [2.05, 4.69) is 26.0 Å². The van der Waals surface area contributed by atoms with Crippen LogP contribution in [0.15, 0.2) is 12.2 Å². The minimum Gasteiger partial charge on any atom is -1.00 e. The molecule has 0 radical (unpaired) electrons. The fourth-order valence-corrected chi connectivity index (χ4v) is 4.19. The average Bonchev–Trinajstić information content (AvgIpc) is 2.84. The molecule has 0 aromatic rings. The molecule has 0 atom stereocenters. The molecule has 0 saturated heterocycles. The number of carbonyl (C=O) groups excluding carboxylic acids is 1. The zero-order valence-electron chi connectivity index (χ0n) is 29.0. The first kappa shape index (κ1) is 46.8. The fourth-order valence-electron chi connectivity index (χ4n) is 4.19. The number of unbranched alkanes of at least 4 members (excludes halogenated alkanes) is 20. The third kappa shape index (κ3) is 55.4. The first-order chi connectivity index (χ1) is 17.8. The summed E-state index contributed by atoms with van der Waals surface area (Å²) in [6.07, 6.45) is 35.3. The molecule has 0 aliphatic rings. The zero-order valence-corrected chi connectivity index (χ0v) is 30.2. The molecule has 0 amide bonds. The van der Waals surface area contributed by atoms with Gasteiger partial charge in [-0.15, -0.1) is 0 Å². The van der Waals surface area contributed by atoms with Crippen LogP contribution in [-0.2, 0) is 19.9 Å². The third-order valence-electron chi connectivity index (χ3n) is 6.40. The van der Waals surface area contributed by atoms with E-state index in [9.17, 15) is 4.79 Å². The molecule has 6 nitrogen and oxygen atoms in total. The van der Waals surface area contributed by atoms with Crippen molar-refractivity contribution in [1.82, 2.24) is 0 Å². The molecule has 228 valence electrons. The first-order valence-corrected chi connectivity index (χ1v) is 16.7. The predicted molar refractivity (Wildman–Crippen MR) is 166 cm³/mol. The summed E-state index contributed by atoms with van der Waals surface area (Å²) >= 11 is 0. The molecule has 0 aromatic carbocycles. The Morgan fingerprint density at radius 1 is 0.615 bits per heavy atom. The molecule has 39 heavy (non-hydrogen) atoms. The van der Waals surface area contributed by atoms with Crippen molar-refractivity contribution in [3.8, 4) is 0 Å². The van der Waals surface area contributed by atoms with Crippen molar-refractivity contribution in [2.75, 3.05) is 6.61 Å². The van der Waals surface area contributed by atoms with Gasteiger partial charge in [0.1, 0.15) is 0 Å². The third-order valence-corrected chi connectivity index (χ3v) is 6.40. The van der Waals surface area contributed by atoms with E-state index < -0.39 is 10.4 Å². The second kappa shape index (κ2) is 38.8. The molecule has 0 aliphatic carbocycles. The SMILES string of the molecule is CCCCCCCCC=CCCCCCCCC(=O)OCCCCCCCCCCCC.O=S(=O)(O)O.[H-].[H-].[H-].[Mg+2].[Na+]. The maximum Gasteiger partial charge on any atom is 2.00 e. The van der Waals surface area contributed by atoms with Gasteiger partial charge in [-0.2, -0.15) is 8.42 Å². The fraction of sp³-hybridized carbons (Fsp3) is 0.900. The molecule has 0 heterocycles. The Bertz CT molecular complexity index is 610. The normalized spacial score (nSPS) is 10.9. The van der Waals surface area contributed by atoms with Gasteiger partial charge in [0.25, 0.3) is 0 Å². The smallest absolute Gasteiger partial charge is 1.00 e. The molecular weight excluding hydrogens is 536 g/mol. The van der Waals surface area contributed by atoms with Gasteiger partial charge in [0.2, 0.25) is 0 Å². The zero-order chi connectivity index (χ0) is 27.9. The van der Waals surface area contributed by atoms with Gasteiger partial charge in [-0.1, -0.05) is 135 Å². The van der Waals surface area contributed by atoms with Crippen molar-refractivity contribution in [2.24, 2.45) is 0 Å². The summed E-state index contributed by atoms with van der Waals surface area (Å²) in [5.41, 5.74) is 0. The number of hydrogen-bond acceptors (Lipinski definition) is 4. The number of allylic oxidation sites excluding steroid dienone is 2. The van der Waals surface area contributed by atoms with E-state index in [-0.39, 0.29) is 62.9 Å². The Kier molecular flexibility index (Phi) is 46.6. The van der Waals surface area contributed by atoms with E-state index >= 15 is 0 Å². The van der Waals surface area contributed by atoms with Gasteiger partial charge < -0.3 is 9.02 Å². The second-order valence-corrected chi connectivity index (χ2v) is 11.1. The molecular formula is C30H63MgNaO6S. The summed E-state index contributed by atoms with van der Waals surface area (Å²) in [5, 5.41) is 0. The minimum atomic E-state index is -4.67. The summed E-state index contributed by atoms with van der Waals surface area (Å²) in [6.45, 7) is 5.17. The Morgan fingerprint density at radius 3 is 1.31 bits per heavy atom. The molecule has 0 aliphatic heterocycles. The maximum absolute atomic E-state index is 11.8. The van der Waals surface area contributed by atoms with Crippen LogP contribution in [0.3, 0.4) is 0 Å². The van der Waals surface area contributed by atoms with Gasteiger partial charge >= 0.3 is 69.0 Å². The van der Waals surface area contributed by atoms with E-state index in [0.717, 1.165) is 19.3 Å². The molecule has 0 fully saturated rings. The quantitative estimate of drug-likeness (QED) is 0.0373. The molecule has 0 rings (SSSR count). The molecule has 0 spiro atoms. The number of ether oxygens (including phenoxy) is 1. The number of carbonyl (C=O) groups is 1. The van der Waals surface area contributed by atoms with Crippen LogP contribution in [0, 0.1) is 0 Å². The Balaban J connectivity index is -0.000000225. The van der Waals surface area contributed by atoms with Crippen molar-refractivity contribution in [3.05, 3.63) is 12.2 Å². The molecule has 0 aromatic heterocycles. The van der Waals surface area contributed by atoms with Gasteiger partial charge in [0.15, 0.2) is 0 Å². The average molecular weight is 599 g/mol. The summed E-state index contributed by atoms with van der Waals surface area (Å²) < 4.78 is 37.0. The number of rotatable bonds is 26. The molecule has 0 saturated carbocycles. The monoisotopic (exact) mass is 598 g/mol. The van der Waals surface area contributed by atoms with Crippen molar-refractivity contribution in [1.29, 1.82) is 0 Å². The molecule has 0 unspecified atom stereocenters. The van der Waals surface area contributed by atoms with Crippen molar-refractivity contribution >= 4 is 39.4 Å². The van der Waals surface area contributed by atoms with Crippen LogP contribution in [0.2, 0.25) is 0 Å². The van der Waals surface area contributed by atoms with Crippen LogP contribution < -0.4 is 29.6 Å². The number of esters is 1. The van der Waals surface area contributed by atoms with Crippen LogP contribution in [0.4, 0.5) is 0 Å². The number of hydrogen-bond donors (Lipinski definition) is 2. The van der Waals surface area contributed by atoms with E-state index in [4.69, 9.17) is 22.3 Å². The van der Waals surface area contributed by atoms with E-state index in [1.807, 2.05) is 0 Å². The molecule has 2 N–H and O–H groups in total. The van der Waals surface area contributed by atoms with Crippen molar-refractivity contribution in [3.63, 3.8) is 0 Å². The largest absolute Gasteiger partial charge is 2.00 e. The minimum absolute atomic E-state index is 0. The van der Waals surface area contributed by atoms with E-state index in [1.54, 1.807) is 0 Å². The Hall–Kier alpha value is 0.846. The Labute approximate surface area is 285 Å². The van der Waals surface area contributed by atoms with Crippen LogP contribution in [-0.4, -0.2) is 53.2 Å². The molecule has 9 heteroatoms. The van der Waals surface area contributed by atoms with Gasteiger partial charge in [0.05, 0.1) is 6.61 Å². The first-order valence-electron chi connectivity index (χ1n) is 15.3. The topological polar surface area (TPSA) is 101 Å². The van der Waals surface area contributed by atoms with Crippen LogP contribution >= 0.6 is 0 Å².